The van der Waals surface area contributed by atoms with Gasteiger partial charge in [0, 0.05) is 35.2 Å². The third-order valence-corrected chi connectivity index (χ3v) is 3.02. The molecular weight excluding hydrogens is 302 g/mol. The first-order chi connectivity index (χ1) is 8.40. The highest BCUT2D eigenvalue weighted by Crippen LogP contribution is 2.19. The molecule has 0 aliphatic heterocycles. The molecule has 0 bridgehead atoms. The van der Waals surface area contributed by atoms with Gasteiger partial charge in [0.05, 0.1) is 0 Å². The third kappa shape index (κ3) is 5.00. The minimum Gasteiger partial charge on any atom is -0.313 e. The zero-order valence-electron chi connectivity index (χ0n) is 10.9. The minimum absolute atomic E-state index is 0.0783. The summed E-state index contributed by atoms with van der Waals surface area (Å²) in [5.41, 5.74) is 0.0783. The molecule has 102 valence electrons. The Bertz CT molecular complexity index is 374. The molecule has 0 heterocycles. The summed E-state index contributed by atoms with van der Waals surface area (Å²) in [5.74, 6) is -1.06. The van der Waals surface area contributed by atoms with E-state index in [2.05, 4.69) is 40.4 Å². The van der Waals surface area contributed by atoms with E-state index in [9.17, 15) is 8.78 Å². The molecule has 0 saturated heterocycles. The molecule has 2 N–H and O–H groups in total. The lowest BCUT2D eigenvalue weighted by molar-refractivity contribution is 0.458. The Morgan fingerprint density at radius 2 is 1.67 bits per heavy atom. The molecule has 2 nitrogen and oxygen atoms in total. The van der Waals surface area contributed by atoms with E-state index in [0.29, 0.717) is 10.5 Å². The van der Waals surface area contributed by atoms with Crippen molar-refractivity contribution in [3.05, 3.63) is 33.8 Å². The lowest BCUT2D eigenvalue weighted by atomic mass is 10.2. The topological polar surface area (TPSA) is 24.1 Å². The van der Waals surface area contributed by atoms with Crippen LogP contribution in [0.3, 0.4) is 0 Å². The van der Waals surface area contributed by atoms with Gasteiger partial charge in [0.15, 0.2) is 0 Å². The number of rotatable bonds is 6. The number of hydrogen-bond acceptors (Lipinski definition) is 2. The molecule has 0 aromatic heterocycles. The van der Waals surface area contributed by atoms with Crippen LogP contribution in [0.25, 0.3) is 0 Å². The van der Waals surface area contributed by atoms with Crippen molar-refractivity contribution in [1.29, 1.82) is 0 Å². The summed E-state index contributed by atoms with van der Waals surface area (Å²) in [5, 5.41) is 6.36. The van der Waals surface area contributed by atoms with Crippen LogP contribution in [0.4, 0.5) is 8.78 Å². The third-order valence-electron chi connectivity index (χ3n) is 2.57. The van der Waals surface area contributed by atoms with E-state index in [4.69, 9.17) is 0 Å². The van der Waals surface area contributed by atoms with Gasteiger partial charge in [-0.3, -0.25) is 0 Å². The van der Waals surface area contributed by atoms with Crippen molar-refractivity contribution in [2.24, 2.45) is 0 Å². The molecular formula is C13H19BrF2N2. The van der Waals surface area contributed by atoms with Gasteiger partial charge >= 0.3 is 0 Å². The van der Waals surface area contributed by atoms with Crippen molar-refractivity contribution in [3.63, 3.8) is 0 Å². The van der Waals surface area contributed by atoms with Crippen LogP contribution in [-0.4, -0.2) is 18.6 Å². The van der Waals surface area contributed by atoms with Crippen LogP contribution >= 0.6 is 15.9 Å². The second-order valence-corrected chi connectivity index (χ2v) is 5.61. The fraction of sp³-hybridized carbons (Fsp3) is 0.538. The van der Waals surface area contributed by atoms with E-state index in [1.165, 1.54) is 12.1 Å². The van der Waals surface area contributed by atoms with Crippen molar-refractivity contribution in [1.82, 2.24) is 10.6 Å². The molecule has 1 atom stereocenters. The molecule has 1 aromatic carbocycles. The van der Waals surface area contributed by atoms with Crippen molar-refractivity contribution < 1.29 is 8.78 Å². The first-order valence-corrected chi connectivity index (χ1v) is 6.79. The van der Waals surface area contributed by atoms with Gasteiger partial charge in [0.1, 0.15) is 11.6 Å². The van der Waals surface area contributed by atoms with Crippen LogP contribution < -0.4 is 10.6 Å². The molecule has 1 aromatic rings. The standard InChI is InChI=1S/C13H19BrF2N2/c1-8(2)17-6-9(3)18-7-11-12(15)4-10(14)5-13(11)16/h4-5,8-9,17-18H,6-7H2,1-3H3. The van der Waals surface area contributed by atoms with Crippen LogP contribution in [-0.2, 0) is 6.54 Å². The summed E-state index contributed by atoms with van der Waals surface area (Å²) in [6, 6.07) is 3.10. The second-order valence-electron chi connectivity index (χ2n) is 4.69. The van der Waals surface area contributed by atoms with Crippen LogP contribution in [0, 0.1) is 11.6 Å². The van der Waals surface area contributed by atoms with E-state index in [1.807, 2.05) is 6.92 Å². The van der Waals surface area contributed by atoms with Crippen LogP contribution in [0.1, 0.15) is 26.3 Å². The molecule has 0 amide bonds. The molecule has 0 aliphatic carbocycles. The highest BCUT2D eigenvalue weighted by molar-refractivity contribution is 9.10. The Morgan fingerprint density at radius 1 is 1.11 bits per heavy atom. The van der Waals surface area contributed by atoms with E-state index >= 15 is 0 Å². The number of halogens is 3. The predicted octanol–water partition coefficient (Wildman–Crippen LogP) is 3.20. The Balaban J connectivity index is 2.53. The molecule has 0 spiro atoms. The Labute approximate surface area is 115 Å². The average molecular weight is 321 g/mol. The van der Waals surface area contributed by atoms with E-state index < -0.39 is 11.6 Å². The molecule has 0 radical (unpaired) electrons. The summed E-state index contributed by atoms with van der Waals surface area (Å²) >= 11 is 3.06. The maximum absolute atomic E-state index is 13.6. The molecule has 5 heteroatoms. The summed E-state index contributed by atoms with van der Waals surface area (Å²) in [6.07, 6.45) is 0. The van der Waals surface area contributed by atoms with Gasteiger partial charge < -0.3 is 10.6 Å². The second kappa shape index (κ2) is 7.16. The Kier molecular flexibility index (Phi) is 6.18. The van der Waals surface area contributed by atoms with Crippen molar-refractivity contribution in [2.45, 2.75) is 39.4 Å². The average Bonchev–Trinajstić information content (AvgIpc) is 2.24. The van der Waals surface area contributed by atoms with Gasteiger partial charge in [-0.2, -0.15) is 0 Å². The fourth-order valence-corrected chi connectivity index (χ4v) is 1.90. The van der Waals surface area contributed by atoms with E-state index in [0.717, 1.165) is 6.54 Å². The van der Waals surface area contributed by atoms with Crippen LogP contribution in [0.5, 0.6) is 0 Å². The molecule has 1 unspecified atom stereocenters. The zero-order valence-corrected chi connectivity index (χ0v) is 12.4. The predicted molar refractivity (Wildman–Crippen MR) is 73.5 cm³/mol. The highest BCUT2D eigenvalue weighted by Gasteiger charge is 2.11. The summed E-state index contributed by atoms with van der Waals surface area (Å²) in [7, 11) is 0. The largest absolute Gasteiger partial charge is 0.313 e. The highest BCUT2D eigenvalue weighted by atomic mass is 79.9. The maximum Gasteiger partial charge on any atom is 0.131 e. The van der Waals surface area contributed by atoms with Gasteiger partial charge in [-0.1, -0.05) is 29.8 Å². The molecule has 1 rings (SSSR count). The SMILES string of the molecule is CC(C)NCC(C)NCc1c(F)cc(Br)cc1F. The van der Waals surface area contributed by atoms with E-state index in [1.54, 1.807) is 0 Å². The Hall–Kier alpha value is -0.520. The number of benzene rings is 1. The fourth-order valence-electron chi connectivity index (χ4n) is 1.50. The Morgan fingerprint density at radius 3 is 2.17 bits per heavy atom. The van der Waals surface area contributed by atoms with Crippen LogP contribution in [0.15, 0.2) is 16.6 Å². The van der Waals surface area contributed by atoms with Crippen molar-refractivity contribution >= 4 is 15.9 Å². The van der Waals surface area contributed by atoms with Gasteiger partial charge in [0.25, 0.3) is 0 Å². The molecule has 0 fully saturated rings. The first-order valence-electron chi connectivity index (χ1n) is 6.00. The van der Waals surface area contributed by atoms with Gasteiger partial charge in [-0.05, 0) is 19.1 Å². The van der Waals surface area contributed by atoms with Gasteiger partial charge in [-0.15, -0.1) is 0 Å². The van der Waals surface area contributed by atoms with Crippen molar-refractivity contribution in [3.8, 4) is 0 Å². The lowest BCUT2D eigenvalue weighted by Crippen LogP contribution is -2.38. The molecule has 0 saturated carbocycles. The van der Waals surface area contributed by atoms with Crippen LogP contribution in [0.2, 0.25) is 0 Å². The summed E-state index contributed by atoms with van der Waals surface area (Å²) in [6.45, 7) is 7.04. The zero-order chi connectivity index (χ0) is 13.7. The maximum atomic E-state index is 13.6. The number of hydrogen-bond donors (Lipinski definition) is 2. The smallest absolute Gasteiger partial charge is 0.131 e. The van der Waals surface area contributed by atoms with Crippen molar-refractivity contribution in [2.75, 3.05) is 6.54 Å². The minimum atomic E-state index is -0.529. The van der Waals surface area contributed by atoms with E-state index in [-0.39, 0.29) is 18.2 Å². The number of nitrogens with one attached hydrogen (secondary N) is 2. The first kappa shape index (κ1) is 15.5. The normalized spacial score (nSPS) is 13.1. The quantitative estimate of drug-likeness (QED) is 0.841. The molecule has 18 heavy (non-hydrogen) atoms. The van der Waals surface area contributed by atoms with Gasteiger partial charge in [0.2, 0.25) is 0 Å². The molecule has 0 aliphatic rings. The van der Waals surface area contributed by atoms with Gasteiger partial charge in [-0.25, -0.2) is 8.78 Å². The summed E-state index contributed by atoms with van der Waals surface area (Å²) in [4.78, 5) is 0. The monoisotopic (exact) mass is 320 g/mol. The summed E-state index contributed by atoms with van der Waals surface area (Å²) < 4.78 is 27.5. The lowest BCUT2D eigenvalue weighted by Gasteiger charge is -2.17.